The lowest BCUT2D eigenvalue weighted by molar-refractivity contribution is -0.115. The number of thiophene rings is 1. The summed E-state index contributed by atoms with van der Waals surface area (Å²) in [7, 11) is 0. The van der Waals surface area contributed by atoms with Crippen LogP contribution < -0.4 is 5.32 Å². The Kier molecular flexibility index (Phi) is 2.82. The molecular formula is C13H11N3OS. The molecule has 3 rings (SSSR count). The van der Waals surface area contributed by atoms with E-state index in [4.69, 9.17) is 0 Å². The average Bonchev–Trinajstić information content (AvgIpc) is 2.98. The predicted octanol–water partition coefficient (Wildman–Crippen LogP) is 2.58. The lowest BCUT2D eigenvalue weighted by Crippen LogP contribution is -2.13. The van der Waals surface area contributed by atoms with Gasteiger partial charge in [0, 0.05) is 23.0 Å². The molecule has 3 heterocycles. The number of anilines is 1. The van der Waals surface area contributed by atoms with Gasteiger partial charge in [0.2, 0.25) is 5.91 Å². The van der Waals surface area contributed by atoms with E-state index in [1.54, 1.807) is 22.0 Å². The van der Waals surface area contributed by atoms with Crippen molar-refractivity contribution in [2.24, 2.45) is 0 Å². The molecule has 1 amide bonds. The maximum absolute atomic E-state index is 11.8. The molecule has 0 aliphatic carbocycles. The van der Waals surface area contributed by atoms with Crippen molar-refractivity contribution < 1.29 is 4.79 Å². The average molecular weight is 257 g/mol. The van der Waals surface area contributed by atoms with E-state index in [2.05, 4.69) is 10.4 Å². The quantitative estimate of drug-likeness (QED) is 0.784. The van der Waals surface area contributed by atoms with Crippen LogP contribution in [0.4, 0.5) is 5.69 Å². The molecule has 90 valence electrons. The Morgan fingerprint density at radius 1 is 1.39 bits per heavy atom. The van der Waals surface area contributed by atoms with Gasteiger partial charge in [-0.25, -0.2) is 4.52 Å². The second-order valence-corrected chi connectivity index (χ2v) is 4.95. The first-order valence-electron chi connectivity index (χ1n) is 5.57. The van der Waals surface area contributed by atoms with E-state index in [1.165, 1.54) is 0 Å². The van der Waals surface area contributed by atoms with Crippen LogP contribution in [0.5, 0.6) is 0 Å². The van der Waals surface area contributed by atoms with Gasteiger partial charge in [-0.2, -0.15) is 5.10 Å². The molecule has 0 fully saturated rings. The van der Waals surface area contributed by atoms with Crippen LogP contribution in [0.3, 0.4) is 0 Å². The fourth-order valence-corrected chi connectivity index (χ4v) is 2.48. The van der Waals surface area contributed by atoms with Crippen molar-refractivity contribution >= 4 is 28.4 Å². The zero-order valence-corrected chi connectivity index (χ0v) is 10.4. The van der Waals surface area contributed by atoms with Crippen LogP contribution in [-0.4, -0.2) is 15.5 Å². The summed E-state index contributed by atoms with van der Waals surface area (Å²) in [6.45, 7) is 0. The molecule has 4 nitrogen and oxygen atoms in total. The molecule has 0 saturated heterocycles. The normalized spacial score (nSPS) is 10.7. The largest absolute Gasteiger partial charge is 0.326 e. The first-order chi connectivity index (χ1) is 8.81. The minimum atomic E-state index is 0.00122. The van der Waals surface area contributed by atoms with Gasteiger partial charge in [0.25, 0.3) is 0 Å². The molecule has 3 aromatic heterocycles. The predicted molar refractivity (Wildman–Crippen MR) is 71.8 cm³/mol. The number of hydrogen-bond acceptors (Lipinski definition) is 3. The molecule has 0 aromatic carbocycles. The molecule has 1 N–H and O–H groups in total. The van der Waals surface area contributed by atoms with Gasteiger partial charge in [0.1, 0.15) is 0 Å². The standard InChI is InChI=1S/C13H11N3OS/c17-13(9-12-2-1-7-18-12)15-10-4-6-16-11(8-10)3-5-14-16/h1-8H,9H2,(H,15,17). The van der Waals surface area contributed by atoms with E-state index < -0.39 is 0 Å². The van der Waals surface area contributed by atoms with Crippen LogP contribution in [-0.2, 0) is 11.2 Å². The van der Waals surface area contributed by atoms with Gasteiger partial charge in [-0.1, -0.05) is 6.07 Å². The molecule has 0 radical (unpaired) electrons. The molecule has 0 aliphatic rings. The van der Waals surface area contributed by atoms with Gasteiger partial charge in [-0.05, 0) is 29.6 Å². The topological polar surface area (TPSA) is 46.4 Å². The highest BCUT2D eigenvalue weighted by Gasteiger charge is 2.05. The van der Waals surface area contributed by atoms with Crippen molar-refractivity contribution in [2.45, 2.75) is 6.42 Å². The maximum atomic E-state index is 11.8. The Labute approximate surface area is 108 Å². The molecule has 0 spiro atoms. The van der Waals surface area contributed by atoms with E-state index in [-0.39, 0.29) is 5.91 Å². The van der Waals surface area contributed by atoms with Gasteiger partial charge in [0.05, 0.1) is 11.9 Å². The zero-order valence-electron chi connectivity index (χ0n) is 9.54. The molecular weight excluding hydrogens is 246 g/mol. The number of nitrogens with zero attached hydrogens (tertiary/aromatic N) is 2. The molecule has 5 heteroatoms. The van der Waals surface area contributed by atoms with Crippen LogP contribution in [0, 0.1) is 0 Å². The lowest BCUT2D eigenvalue weighted by Gasteiger charge is -2.04. The van der Waals surface area contributed by atoms with Crippen LogP contribution in [0.15, 0.2) is 48.1 Å². The first-order valence-corrected chi connectivity index (χ1v) is 6.45. The van der Waals surface area contributed by atoms with E-state index in [9.17, 15) is 4.79 Å². The summed E-state index contributed by atoms with van der Waals surface area (Å²) < 4.78 is 1.76. The number of nitrogens with one attached hydrogen (secondary N) is 1. The Bertz CT molecular complexity index is 672. The molecule has 0 atom stereocenters. The zero-order chi connectivity index (χ0) is 12.4. The van der Waals surface area contributed by atoms with Crippen molar-refractivity contribution in [3.05, 3.63) is 53.0 Å². The third-order valence-corrected chi connectivity index (χ3v) is 3.47. The Hall–Kier alpha value is -2.14. The van der Waals surface area contributed by atoms with E-state index in [0.29, 0.717) is 6.42 Å². The minimum Gasteiger partial charge on any atom is -0.326 e. The second kappa shape index (κ2) is 4.62. The molecule has 3 aromatic rings. The molecule has 18 heavy (non-hydrogen) atoms. The van der Waals surface area contributed by atoms with Crippen molar-refractivity contribution in [2.75, 3.05) is 5.32 Å². The van der Waals surface area contributed by atoms with Crippen LogP contribution in [0.2, 0.25) is 0 Å². The molecule has 0 bridgehead atoms. The number of pyridine rings is 1. The summed E-state index contributed by atoms with van der Waals surface area (Å²) in [5, 5.41) is 8.97. The minimum absolute atomic E-state index is 0.00122. The van der Waals surface area contributed by atoms with Gasteiger partial charge in [-0.15, -0.1) is 11.3 Å². The summed E-state index contributed by atoms with van der Waals surface area (Å²) in [4.78, 5) is 12.9. The first kappa shape index (κ1) is 11.0. The summed E-state index contributed by atoms with van der Waals surface area (Å²) in [6, 6.07) is 9.55. The van der Waals surface area contributed by atoms with Gasteiger partial charge >= 0.3 is 0 Å². The van der Waals surface area contributed by atoms with E-state index in [0.717, 1.165) is 16.1 Å². The van der Waals surface area contributed by atoms with Gasteiger partial charge < -0.3 is 5.32 Å². The number of rotatable bonds is 3. The SMILES string of the molecule is O=C(Cc1cccs1)Nc1ccn2nccc2c1. The molecule has 0 unspecified atom stereocenters. The van der Waals surface area contributed by atoms with Gasteiger partial charge in [0.15, 0.2) is 0 Å². The fourth-order valence-electron chi connectivity index (χ4n) is 1.78. The monoisotopic (exact) mass is 257 g/mol. The van der Waals surface area contributed by atoms with E-state index >= 15 is 0 Å². The van der Waals surface area contributed by atoms with Gasteiger partial charge in [-0.3, -0.25) is 4.79 Å². The number of aromatic nitrogens is 2. The Morgan fingerprint density at radius 2 is 2.33 bits per heavy atom. The number of hydrogen-bond donors (Lipinski definition) is 1. The summed E-state index contributed by atoms with van der Waals surface area (Å²) in [6.07, 6.45) is 3.98. The lowest BCUT2D eigenvalue weighted by atomic mass is 10.3. The van der Waals surface area contributed by atoms with Crippen molar-refractivity contribution in [3.63, 3.8) is 0 Å². The number of carbonyl (C=O) groups excluding carboxylic acids is 1. The maximum Gasteiger partial charge on any atom is 0.229 e. The molecule has 0 saturated carbocycles. The van der Waals surface area contributed by atoms with Crippen LogP contribution in [0.25, 0.3) is 5.52 Å². The second-order valence-electron chi connectivity index (χ2n) is 3.92. The van der Waals surface area contributed by atoms with Crippen molar-refractivity contribution in [1.29, 1.82) is 0 Å². The summed E-state index contributed by atoms with van der Waals surface area (Å²) in [5.74, 6) is 0.00122. The number of fused-ring (bicyclic) bond motifs is 1. The van der Waals surface area contributed by atoms with Crippen LogP contribution in [0.1, 0.15) is 4.88 Å². The van der Waals surface area contributed by atoms with Crippen molar-refractivity contribution in [1.82, 2.24) is 9.61 Å². The summed E-state index contributed by atoms with van der Waals surface area (Å²) >= 11 is 1.59. The summed E-state index contributed by atoms with van der Waals surface area (Å²) in [5.41, 5.74) is 1.76. The number of carbonyl (C=O) groups is 1. The number of amides is 1. The molecule has 0 aliphatic heterocycles. The fraction of sp³-hybridized carbons (Fsp3) is 0.0769. The third-order valence-electron chi connectivity index (χ3n) is 2.60. The van der Waals surface area contributed by atoms with Crippen LogP contribution >= 0.6 is 11.3 Å². The highest BCUT2D eigenvalue weighted by molar-refractivity contribution is 7.10. The van der Waals surface area contributed by atoms with E-state index in [1.807, 2.05) is 41.9 Å². The third kappa shape index (κ3) is 2.26. The highest BCUT2D eigenvalue weighted by atomic mass is 32.1. The Morgan fingerprint density at radius 3 is 3.17 bits per heavy atom. The van der Waals surface area contributed by atoms with Crippen molar-refractivity contribution in [3.8, 4) is 0 Å². The highest BCUT2D eigenvalue weighted by Crippen LogP contribution is 2.13. The Balaban J connectivity index is 1.73. The smallest absolute Gasteiger partial charge is 0.229 e.